The topological polar surface area (TPSA) is 83.0 Å². The average molecular weight is 401 g/mol. The van der Waals surface area contributed by atoms with Crippen LogP contribution in [0.2, 0.25) is 0 Å². The Morgan fingerprint density at radius 1 is 1.36 bits per heavy atom. The molecule has 0 spiro atoms. The first kappa shape index (κ1) is 16.1. The number of aromatic nitrogens is 3. The molecule has 1 saturated carbocycles. The van der Waals surface area contributed by atoms with Gasteiger partial charge in [-0.3, -0.25) is 0 Å². The molecule has 25 heavy (non-hydrogen) atoms. The van der Waals surface area contributed by atoms with E-state index < -0.39 is 5.54 Å². The molecule has 2 N–H and O–H groups in total. The molecule has 6 nitrogen and oxygen atoms in total. The summed E-state index contributed by atoms with van der Waals surface area (Å²) < 4.78 is 7.90. The first-order valence-electron chi connectivity index (χ1n) is 8.05. The van der Waals surface area contributed by atoms with Crippen LogP contribution in [0.15, 0.2) is 47.1 Å². The van der Waals surface area contributed by atoms with Crippen molar-refractivity contribution in [2.75, 3.05) is 5.73 Å². The molecular formula is C18H17BrN4O2. The molecule has 128 valence electrons. The molecule has 1 aliphatic carbocycles. The number of benzene rings is 1. The van der Waals surface area contributed by atoms with Gasteiger partial charge in [0.1, 0.15) is 11.2 Å². The highest BCUT2D eigenvalue weighted by Gasteiger charge is 2.62. The summed E-state index contributed by atoms with van der Waals surface area (Å²) in [5.41, 5.74) is 6.73. The minimum atomic E-state index is -0.835. The first-order valence-corrected chi connectivity index (χ1v) is 8.84. The standard InChI is InChI=1S/C18H17BrN4O2/c1-11-9-18(11,17(24)25-10-12-5-3-2-4-6-12)23-16-13(15(20)22-23)7-8-14(19)21-16/h2-8,11H,9-10H2,1H3,(H2,20,22)/t11-,18-/m0/s1. The molecule has 1 aromatic carbocycles. The predicted molar refractivity (Wildman–Crippen MR) is 97.6 cm³/mol. The molecule has 2 aromatic heterocycles. The van der Waals surface area contributed by atoms with Gasteiger partial charge in [-0.25, -0.2) is 14.5 Å². The second-order valence-corrected chi connectivity index (χ2v) is 7.21. The van der Waals surface area contributed by atoms with E-state index in [9.17, 15) is 4.79 Å². The highest BCUT2D eigenvalue weighted by molar-refractivity contribution is 9.10. The highest BCUT2D eigenvalue weighted by atomic mass is 79.9. The second-order valence-electron chi connectivity index (χ2n) is 6.39. The molecule has 4 rings (SSSR count). The van der Waals surface area contributed by atoms with Crippen molar-refractivity contribution in [3.8, 4) is 0 Å². The average Bonchev–Trinajstić information content (AvgIpc) is 3.19. The van der Waals surface area contributed by atoms with Gasteiger partial charge >= 0.3 is 5.97 Å². The van der Waals surface area contributed by atoms with Crippen molar-refractivity contribution in [1.29, 1.82) is 0 Å². The lowest BCUT2D eigenvalue weighted by molar-refractivity contribution is -0.151. The number of nitrogen functional groups attached to an aromatic ring is 1. The summed E-state index contributed by atoms with van der Waals surface area (Å²) in [6.45, 7) is 2.24. The number of pyridine rings is 1. The van der Waals surface area contributed by atoms with Crippen molar-refractivity contribution in [2.24, 2.45) is 5.92 Å². The maximum Gasteiger partial charge on any atom is 0.334 e. The Hall–Kier alpha value is -2.41. The van der Waals surface area contributed by atoms with Crippen molar-refractivity contribution < 1.29 is 9.53 Å². The van der Waals surface area contributed by atoms with Gasteiger partial charge in [-0.1, -0.05) is 37.3 Å². The predicted octanol–water partition coefficient (Wildman–Crippen LogP) is 3.25. The molecule has 1 aliphatic rings. The Morgan fingerprint density at radius 2 is 2.08 bits per heavy atom. The van der Waals surface area contributed by atoms with E-state index in [-0.39, 0.29) is 18.5 Å². The Kier molecular flexibility index (Phi) is 3.76. The van der Waals surface area contributed by atoms with Crippen molar-refractivity contribution in [3.63, 3.8) is 0 Å². The maximum absolute atomic E-state index is 12.9. The Labute approximate surface area is 153 Å². The maximum atomic E-state index is 12.9. The van der Waals surface area contributed by atoms with Crippen molar-refractivity contribution in [3.05, 3.63) is 52.6 Å². The molecule has 2 heterocycles. The van der Waals surface area contributed by atoms with Crippen LogP contribution in [-0.2, 0) is 21.7 Å². The van der Waals surface area contributed by atoms with Crippen molar-refractivity contribution >= 4 is 38.8 Å². The summed E-state index contributed by atoms with van der Waals surface area (Å²) in [6.07, 6.45) is 0.658. The molecule has 3 aromatic rings. The number of hydrogen-bond donors (Lipinski definition) is 1. The number of carbonyl (C=O) groups is 1. The van der Waals surface area contributed by atoms with Gasteiger partial charge in [0.05, 0.1) is 5.39 Å². The number of hydrogen-bond acceptors (Lipinski definition) is 5. The van der Waals surface area contributed by atoms with Crippen LogP contribution < -0.4 is 5.73 Å². The van der Waals surface area contributed by atoms with Crippen LogP contribution in [-0.4, -0.2) is 20.7 Å². The minimum absolute atomic E-state index is 0.110. The number of fused-ring (bicyclic) bond motifs is 1. The molecule has 7 heteroatoms. The fourth-order valence-electron chi connectivity index (χ4n) is 3.20. The van der Waals surface area contributed by atoms with Crippen molar-refractivity contribution in [1.82, 2.24) is 14.8 Å². The molecule has 1 fully saturated rings. The lowest BCUT2D eigenvalue weighted by Crippen LogP contribution is -2.33. The number of halogens is 1. The molecular weight excluding hydrogens is 384 g/mol. The van der Waals surface area contributed by atoms with Crippen molar-refractivity contribution in [2.45, 2.75) is 25.5 Å². The third kappa shape index (κ3) is 2.59. The zero-order valence-electron chi connectivity index (χ0n) is 13.6. The van der Waals surface area contributed by atoms with E-state index in [4.69, 9.17) is 10.5 Å². The minimum Gasteiger partial charge on any atom is -0.459 e. The van der Waals surface area contributed by atoms with Gasteiger partial charge in [0, 0.05) is 0 Å². The molecule has 0 aliphatic heterocycles. The number of nitrogens with two attached hydrogens (primary N) is 1. The highest BCUT2D eigenvalue weighted by Crippen LogP contribution is 2.52. The van der Waals surface area contributed by atoms with Crippen LogP contribution in [0.25, 0.3) is 11.0 Å². The van der Waals surface area contributed by atoms with E-state index >= 15 is 0 Å². The van der Waals surface area contributed by atoms with Gasteiger partial charge < -0.3 is 10.5 Å². The normalized spacial score (nSPS) is 22.1. The quantitative estimate of drug-likeness (QED) is 0.536. The van der Waals surface area contributed by atoms with Gasteiger partial charge in [0.15, 0.2) is 17.0 Å². The Morgan fingerprint density at radius 3 is 2.76 bits per heavy atom. The molecule has 0 unspecified atom stereocenters. The van der Waals surface area contributed by atoms with Gasteiger partial charge in [-0.05, 0) is 46.0 Å². The van der Waals surface area contributed by atoms with Gasteiger partial charge in [0.25, 0.3) is 0 Å². The third-order valence-electron chi connectivity index (χ3n) is 4.74. The van der Waals surface area contributed by atoms with Gasteiger partial charge in [0.2, 0.25) is 0 Å². The van der Waals surface area contributed by atoms with Gasteiger partial charge in [-0.15, -0.1) is 0 Å². The summed E-state index contributed by atoms with van der Waals surface area (Å²) in [5, 5.41) is 5.14. The van der Waals surface area contributed by atoms with Crippen LogP contribution in [0.5, 0.6) is 0 Å². The van der Waals surface area contributed by atoms with E-state index in [2.05, 4.69) is 26.0 Å². The number of anilines is 1. The van der Waals surface area contributed by atoms with E-state index in [1.165, 1.54) is 0 Å². The fourth-order valence-corrected chi connectivity index (χ4v) is 3.50. The largest absolute Gasteiger partial charge is 0.459 e. The molecule has 0 bridgehead atoms. The van der Waals surface area contributed by atoms with E-state index in [1.54, 1.807) is 10.7 Å². The van der Waals surface area contributed by atoms with Crippen LogP contribution in [0, 0.1) is 5.92 Å². The number of nitrogens with zero attached hydrogens (tertiary/aromatic N) is 3. The lowest BCUT2D eigenvalue weighted by atomic mass is 10.2. The summed E-state index contributed by atoms with van der Waals surface area (Å²) in [6, 6.07) is 13.3. The van der Waals surface area contributed by atoms with Crippen LogP contribution in [0.1, 0.15) is 18.9 Å². The number of rotatable bonds is 4. The first-order chi connectivity index (χ1) is 12.0. The third-order valence-corrected chi connectivity index (χ3v) is 5.18. The molecule has 0 amide bonds. The smallest absolute Gasteiger partial charge is 0.334 e. The monoisotopic (exact) mass is 400 g/mol. The van der Waals surface area contributed by atoms with Crippen LogP contribution in [0.3, 0.4) is 0 Å². The number of ether oxygens (including phenoxy) is 1. The zero-order valence-corrected chi connectivity index (χ0v) is 15.2. The molecule has 2 atom stereocenters. The number of esters is 1. The Balaban J connectivity index is 1.68. The van der Waals surface area contributed by atoms with Gasteiger partial charge in [-0.2, -0.15) is 5.10 Å². The van der Waals surface area contributed by atoms with Crippen LogP contribution >= 0.6 is 15.9 Å². The Bertz CT molecular complexity index is 956. The van der Waals surface area contributed by atoms with E-state index in [0.29, 0.717) is 22.5 Å². The fraction of sp³-hybridized carbons (Fsp3) is 0.278. The zero-order chi connectivity index (χ0) is 17.6. The lowest BCUT2D eigenvalue weighted by Gasteiger charge is -2.17. The van der Waals surface area contributed by atoms with E-state index in [0.717, 1.165) is 10.9 Å². The summed E-state index contributed by atoms with van der Waals surface area (Å²) >= 11 is 3.37. The molecule has 0 saturated heterocycles. The summed E-state index contributed by atoms with van der Waals surface area (Å²) in [7, 11) is 0. The molecule has 0 radical (unpaired) electrons. The second kappa shape index (κ2) is 5.84. The van der Waals surface area contributed by atoms with E-state index in [1.807, 2.05) is 43.3 Å². The summed E-state index contributed by atoms with van der Waals surface area (Å²) in [4.78, 5) is 17.4. The van der Waals surface area contributed by atoms with Crippen LogP contribution in [0.4, 0.5) is 5.82 Å². The SMILES string of the molecule is C[C@H]1C[C@]1(C(=O)OCc1ccccc1)n1nc(N)c2ccc(Br)nc21. The summed E-state index contributed by atoms with van der Waals surface area (Å²) in [5.74, 6) is 0.179. The number of carbonyl (C=O) groups excluding carboxylic acids is 1.